The van der Waals surface area contributed by atoms with E-state index in [0.717, 1.165) is 10.9 Å². The quantitative estimate of drug-likeness (QED) is 0.530. The second-order valence-corrected chi connectivity index (χ2v) is 6.30. The molecule has 6 heteroatoms. The summed E-state index contributed by atoms with van der Waals surface area (Å²) in [6.07, 6.45) is 0. The molecule has 1 amide bonds. The largest absolute Gasteiger partial charge is 0.355 e. The van der Waals surface area contributed by atoms with E-state index in [0.29, 0.717) is 33.1 Å². The van der Waals surface area contributed by atoms with E-state index in [4.69, 9.17) is 21.4 Å². The number of halogens is 1. The minimum absolute atomic E-state index is 0.317. The molecule has 0 bridgehead atoms. The van der Waals surface area contributed by atoms with Gasteiger partial charge < -0.3 is 9.84 Å². The van der Waals surface area contributed by atoms with Crippen molar-refractivity contribution in [2.45, 2.75) is 0 Å². The van der Waals surface area contributed by atoms with Gasteiger partial charge in [0.15, 0.2) is 5.76 Å². The second kappa shape index (κ2) is 6.94. The highest BCUT2D eigenvalue weighted by atomic mass is 35.5. The summed E-state index contributed by atoms with van der Waals surface area (Å²) in [5.74, 6) is 0.247. The predicted octanol–water partition coefficient (Wildman–Crippen LogP) is 5.27. The van der Waals surface area contributed by atoms with Crippen LogP contribution in [-0.2, 0) is 0 Å². The maximum atomic E-state index is 12.7. The van der Waals surface area contributed by atoms with E-state index < -0.39 is 0 Å². The summed E-state index contributed by atoms with van der Waals surface area (Å²) in [7, 11) is 0. The number of para-hydroxylation sites is 1. The first-order chi connectivity index (χ1) is 13.2. The van der Waals surface area contributed by atoms with Crippen molar-refractivity contribution in [1.82, 2.24) is 5.16 Å². The minimum atomic E-state index is -0.317. The first-order valence-corrected chi connectivity index (χ1v) is 8.49. The van der Waals surface area contributed by atoms with Crippen LogP contribution in [-0.4, -0.2) is 11.1 Å². The van der Waals surface area contributed by atoms with Gasteiger partial charge in [-0.15, -0.1) is 0 Å². The van der Waals surface area contributed by atoms with Gasteiger partial charge in [0.25, 0.3) is 5.91 Å². The molecule has 4 aromatic rings. The summed E-state index contributed by atoms with van der Waals surface area (Å²) in [6, 6.07) is 21.2. The number of fused-ring (bicyclic) bond motifs is 1. The Balaban J connectivity index is 1.71. The molecule has 0 spiro atoms. The Hall–Kier alpha value is -3.62. The number of anilines is 1. The lowest BCUT2D eigenvalue weighted by Gasteiger charge is -2.07. The SMILES string of the molecule is N#Cc1ccccc1NC(=O)c1ccc2noc(-c3ccc(Cl)cc3)c2c1. The fourth-order valence-corrected chi connectivity index (χ4v) is 2.90. The molecule has 0 radical (unpaired) electrons. The highest BCUT2D eigenvalue weighted by Crippen LogP contribution is 2.30. The second-order valence-electron chi connectivity index (χ2n) is 5.86. The first kappa shape index (κ1) is 16.8. The number of benzene rings is 3. The van der Waals surface area contributed by atoms with Crippen LogP contribution < -0.4 is 5.32 Å². The van der Waals surface area contributed by atoms with Crippen LogP contribution in [0, 0.1) is 11.3 Å². The van der Waals surface area contributed by atoms with E-state index in [1.165, 1.54) is 0 Å². The van der Waals surface area contributed by atoms with Crippen molar-refractivity contribution in [1.29, 1.82) is 5.26 Å². The molecule has 0 saturated carbocycles. The highest BCUT2D eigenvalue weighted by Gasteiger charge is 2.15. The van der Waals surface area contributed by atoms with Gasteiger partial charge in [0.2, 0.25) is 0 Å². The van der Waals surface area contributed by atoms with Gasteiger partial charge in [-0.3, -0.25) is 4.79 Å². The summed E-state index contributed by atoms with van der Waals surface area (Å²) >= 11 is 5.94. The van der Waals surface area contributed by atoms with Gasteiger partial charge in [0.05, 0.1) is 16.6 Å². The average molecular weight is 374 g/mol. The summed E-state index contributed by atoms with van der Waals surface area (Å²) in [6.45, 7) is 0. The van der Waals surface area contributed by atoms with Crippen molar-refractivity contribution in [3.05, 3.63) is 82.9 Å². The molecule has 1 heterocycles. The topological polar surface area (TPSA) is 78.9 Å². The Morgan fingerprint density at radius 1 is 1.07 bits per heavy atom. The molecule has 27 heavy (non-hydrogen) atoms. The third-order valence-corrected chi connectivity index (χ3v) is 4.39. The highest BCUT2D eigenvalue weighted by molar-refractivity contribution is 6.30. The van der Waals surface area contributed by atoms with Crippen LogP contribution in [0.15, 0.2) is 71.3 Å². The van der Waals surface area contributed by atoms with E-state index in [2.05, 4.69) is 16.5 Å². The molecule has 1 N–H and O–H groups in total. The Bertz CT molecular complexity index is 1190. The maximum Gasteiger partial charge on any atom is 0.255 e. The van der Waals surface area contributed by atoms with Crippen molar-refractivity contribution < 1.29 is 9.32 Å². The van der Waals surface area contributed by atoms with Gasteiger partial charge in [0, 0.05) is 16.1 Å². The lowest BCUT2D eigenvalue weighted by molar-refractivity contribution is 0.102. The predicted molar refractivity (Wildman–Crippen MR) is 104 cm³/mol. The molecule has 0 aliphatic rings. The van der Waals surface area contributed by atoms with Crippen molar-refractivity contribution >= 4 is 34.1 Å². The molecule has 5 nitrogen and oxygen atoms in total. The molecule has 1 aromatic heterocycles. The summed E-state index contributed by atoms with van der Waals surface area (Å²) < 4.78 is 5.46. The fourth-order valence-electron chi connectivity index (χ4n) is 2.78. The van der Waals surface area contributed by atoms with Crippen LogP contribution in [0.2, 0.25) is 5.02 Å². The number of rotatable bonds is 3. The molecule has 3 aromatic carbocycles. The molecule has 0 unspecified atom stereocenters. The Kier molecular flexibility index (Phi) is 4.33. The number of hydrogen-bond acceptors (Lipinski definition) is 4. The standard InChI is InChI=1S/C21H12ClN3O2/c22-16-8-5-13(6-9-16)20-17-11-14(7-10-19(17)25-27-20)21(26)24-18-4-2-1-3-15(18)12-23/h1-11H,(H,24,26). The van der Waals surface area contributed by atoms with Gasteiger partial charge in [-0.1, -0.05) is 28.9 Å². The van der Waals surface area contributed by atoms with Gasteiger partial charge in [-0.25, -0.2) is 0 Å². The number of nitriles is 1. The number of amides is 1. The Labute approximate surface area is 159 Å². The molecular weight excluding hydrogens is 362 g/mol. The average Bonchev–Trinajstić information content (AvgIpc) is 3.12. The molecule has 130 valence electrons. The molecule has 0 atom stereocenters. The minimum Gasteiger partial charge on any atom is -0.355 e. The van der Waals surface area contributed by atoms with Gasteiger partial charge in [-0.05, 0) is 54.6 Å². The van der Waals surface area contributed by atoms with E-state index in [1.54, 1.807) is 54.6 Å². The molecule has 0 saturated heterocycles. The smallest absolute Gasteiger partial charge is 0.255 e. The lowest BCUT2D eigenvalue weighted by Crippen LogP contribution is -2.12. The van der Waals surface area contributed by atoms with E-state index in [1.807, 2.05) is 12.1 Å². The molecule has 0 aliphatic heterocycles. The molecule has 4 rings (SSSR count). The number of nitrogens with one attached hydrogen (secondary N) is 1. The lowest BCUT2D eigenvalue weighted by atomic mass is 10.1. The summed E-state index contributed by atoms with van der Waals surface area (Å²) in [5.41, 5.74) is 2.77. The number of aromatic nitrogens is 1. The van der Waals surface area contributed by atoms with E-state index in [9.17, 15) is 4.79 Å². The van der Waals surface area contributed by atoms with Crippen molar-refractivity contribution in [2.24, 2.45) is 0 Å². The first-order valence-electron chi connectivity index (χ1n) is 8.11. The van der Waals surface area contributed by atoms with Crippen LogP contribution >= 0.6 is 11.6 Å². The maximum absolute atomic E-state index is 12.7. The number of nitrogens with zero attached hydrogens (tertiary/aromatic N) is 2. The summed E-state index contributed by atoms with van der Waals surface area (Å²) in [4.78, 5) is 12.7. The van der Waals surface area contributed by atoms with Crippen LogP contribution in [0.1, 0.15) is 15.9 Å². The zero-order chi connectivity index (χ0) is 18.8. The third kappa shape index (κ3) is 3.26. The van der Waals surface area contributed by atoms with Crippen LogP contribution in [0.3, 0.4) is 0 Å². The van der Waals surface area contributed by atoms with Gasteiger partial charge in [0.1, 0.15) is 11.6 Å². The van der Waals surface area contributed by atoms with Crippen LogP contribution in [0.5, 0.6) is 0 Å². The van der Waals surface area contributed by atoms with E-state index in [-0.39, 0.29) is 5.91 Å². The van der Waals surface area contributed by atoms with E-state index >= 15 is 0 Å². The third-order valence-electron chi connectivity index (χ3n) is 4.14. The fraction of sp³-hybridized carbons (Fsp3) is 0. The van der Waals surface area contributed by atoms with Gasteiger partial charge in [-0.2, -0.15) is 5.26 Å². The Morgan fingerprint density at radius 2 is 1.85 bits per heavy atom. The monoisotopic (exact) mass is 373 g/mol. The molecule has 0 fully saturated rings. The zero-order valence-corrected chi connectivity index (χ0v) is 14.7. The molecule has 0 aliphatic carbocycles. The van der Waals surface area contributed by atoms with Crippen LogP contribution in [0.25, 0.3) is 22.2 Å². The summed E-state index contributed by atoms with van der Waals surface area (Å²) in [5, 5.41) is 17.3. The normalized spacial score (nSPS) is 10.5. The van der Waals surface area contributed by atoms with Gasteiger partial charge >= 0.3 is 0 Å². The number of carbonyl (C=O) groups is 1. The van der Waals surface area contributed by atoms with Crippen molar-refractivity contribution in [2.75, 3.05) is 5.32 Å². The Morgan fingerprint density at radius 3 is 2.63 bits per heavy atom. The number of carbonyl (C=O) groups excluding carboxylic acids is 1. The number of hydrogen-bond donors (Lipinski definition) is 1. The zero-order valence-electron chi connectivity index (χ0n) is 13.9. The molecular formula is C21H12ClN3O2. The van der Waals surface area contributed by atoms with Crippen molar-refractivity contribution in [3.8, 4) is 17.4 Å². The van der Waals surface area contributed by atoms with Crippen LogP contribution in [0.4, 0.5) is 5.69 Å². The van der Waals surface area contributed by atoms with Crippen molar-refractivity contribution in [3.63, 3.8) is 0 Å².